The molecule has 1 unspecified atom stereocenters. The molecule has 150 valence electrons. The molecule has 1 aromatic carbocycles. The topological polar surface area (TPSA) is 80.3 Å². The van der Waals surface area contributed by atoms with Gasteiger partial charge in [-0.15, -0.1) is 11.3 Å². The molecule has 1 aliphatic rings. The Hall–Kier alpha value is -2.48. The monoisotopic (exact) mass is 405 g/mol. The summed E-state index contributed by atoms with van der Waals surface area (Å²) in [5.41, 5.74) is 3.11. The van der Waals surface area contributed by atoms with Gasteiger partial charge in [0.1, 0.15) is 0 Å². The number of carbonyl (C=O) groups excluding carboxylic acids is 2. The minimum absolute atomic E-state index is 0.0157. The molecule has 1 saturated heterocycles. The molecule has 1 aliphatic heterocycles. The van der Waals surface area contributed by atoms with Crippen molar-refractivity contribution in [1.82, 2.24) is 15.6 Å². The van der Waals surface area contributed by atoms with Crippen LogP contribution in [0.2, 0.25) is 0 Å². The molecule has 1 aromatic heterocycles. The second kappa shape index (κ2) is 9.14. The van der Waals surface area contributed by atoms with Crippen LogP contribution in [0.5, 0.6) is 5.75 Å². The Morgan fingerprint density at radius 3 is 3.00 bits per heavy atom. The number of ether oxygens (including phenoxy) is 1. The van der Waals surface area contributed by atoms with E-state index in [2.05, 4.69) is 15.6 Å². The van der Waals surface area contributed by atoms with E-state index in [0.717, 1.165) is 11.3 Å². The average Bonchev–Trinajstić information content (AvgIpc) is 3.32. The number of thiazole rings is 1. The highest BCUT2D eigenvalue weighted by Gasteiger charge is 2.38. The van der Waals surface area contributed by atoms with Gasteiger partial charge in [-0.2, -0.15) is 0 Å². The normalized spacial score (nSPS) is 18.7. The van der Waals surface area contributed by atoms with Gasteiger partial charge in [0, 0.05) is 36.7 Å². The van der Waals surface area contributed by atoms with Gasteiger partial charge in [0.05, 0.1) is 18.3 Å². The molecule has 8 heteroatoms. The standard InChI is InChI=1S/C20H24FN3O3S/c1-27-17-10-14(2-3-16(17)21)11-20(8-5-19(26)24-20)7-4-18(25)22-9-6-15-12-28-13-23-15/h2-3,10,12-13H,4-9,11H2,1H3,(H,22,25)(H,24,26). The maximum atomic E-state index is 13.7. The Bertz CT molecular complexity index is 828. The Morgan fingerprint density at radius 2 is 2.32 bits per heavy atom. The highest BCUT2D eigenvalue weighted by molar-refractivity contribution is 7.07. The number of benzene rings is 1. The van der Waals surface area contributed by atoms with Gasteiger partial charge in [0.15, 0.2) is 11.6 Å². The number of rotatable bonds is 9. The van der Waals surface area contributed by atoms with E-state index in [1.165, 1.54) is 24.5 Å². The Morgan fingerprint density at radius 1 is 1.46 bits per heavy atom. The molecule has 2 aromatic rings. The number of aromatic nitrogens is 1. The lowest BCUT2D eigenvalue weighted by atomic mass is 9.85. The van der Waals surface area contributed by atoms with Gasteiger partial charge in [-0.1, -0.05) is 6.07 Å². The van der Waals surface area contributed by atoms with Crippen molar-refractivity contribution in [1.29, 1.82) is 0 Å². The van der Waals surface area contributed by atoms with Crippen LogP contribution in [0, 0.1) is 5.82 Å². The molecule has 0 spiro atoms. The van der Waals surface area contributed by atoms with Crippen LogP contribution in [-0.4, -0.2) is 36.0 Å². The van der Waals surface area contributed by atoms with Gasteiger partial charge < -0.3 is 15.4 Å². The van der Waals surface area contributed by atoms with E-state index >= 15 is 0 Å². The minimum atomic E-state index is -0.494. The summed E-state index contributed by atoms with van der Waals surface area (Å²) in [5, 5.41) is 7.91. The van der Waals surface area contributed by atoms with E-state index in [0.29, 0.717) is 45.1 Å². The number of nitrogens with zero attached hydrogens (tertiary/aromatic N) is 1. The summed E-state index contributed by atoms with van der Waals surface area (Å²) in [6.45, 7) is 0.539. The molecule has 0 radical (unpaired) electrons. The molecular weight excluding hydrogens is 381 g/mol. The first-order valence-corrected chi connectivity index (χ1v) is 10.2. The number of carbonyl (C=O) groups is 2. The Labute approximate surface area is 167 Å². The number of nitrogens with one attached hydrogen (secondary N) is 2. The third kappa shape index (κ3) is 5.28. The number of methoxy groups -OCH3 is 1. The van der Waals surface area contributed by atoms with Crippen molar-refractivity contribution in [2.75, 3.05) is 13.7 Å². The van der Waals surface area contributed by atoms with Crippen molar-refractivity contribution in [2.24, 2.45) is 0 Å². The van der Waals surface area contributed by atoms with Crippen molar-refractivity contribution >= 4 is 23.2 Å². The zero-order valence-corrected chi connectivity index (χ0v) is 16.6. The average molecular weight is 405 g/mol. The number of amides is 2. The van der Waals surface area contributed by atoms with Crippen LogP contribution >= 0.6 is 11.3 Å². The predicted octanol–water partition coefficient (Wildman–Crippen LogP) is 2.62. The minimum Gasteiger partial charge on any atom is -0.494 e. The number of hydrogen-bond donors (Lipinski definition) is 2. The van der Waals surface area contributed by atoms with Crippen molar-refractivity contribution in [3.05, 3.63) is 46.2 Å². The van der Waals surface area contributed by atoms with Gasteiger partial charge >= 0.3 is 0 Å². The fraction of sp³-hybridized carbons (Fsp3) is 0.450. The van der Waals surface area contributed by atoms with Crippen LogP contribution in [0.15, 0.2) is 29.1 Å². The van der Waals surface area contributed by atoms with Crippen LogP contribution in [0.4, 0.5) is 4.39 Å². The van der Waals surface area contributed by atoms with Crippen LogP contribution < -0.4 is 15.4 Å². The van der Waals surface area contributed by atoms with Crippen LogP contribution in [0.1, 0.15) is 36.9 Å². The van der Waals surface area contributed by atoms with Gasteiger partial charge in [0.2, 0.25) is 11.8 Å². The SMILES string of the molecule is COc1cc(CC2(CCC(=O)NCCc3cscn3)CCC(=O)N2)ccc1F. The lowest BCUT2D eigenvalue weighted by molar-refractivity contribution is -0.122. The van der Waals surface area contributed by atoms with Gasteiger partial charge in [-0.25, -0.2) is 9.37 Å². The predicted molar refractivity (Wildman–Crippen MR) is 105 cm³/mol. The van der Waals surface area contributed by atoms with E-state index in [4.69, 9.17) is 4.74 Å². The molecule has 2 heterocycles. The van der Waals surface area contributed by atoms with E-state index in [-0.39, 0.29) is 17.6 Å². The second-order valence-electron chi connectivity index (χ2n) is 7.05. The van der Waals surface area contributed by atoms with Gasteiger partial charge in [0.25, 0.3) is 0 Å². The van der Waals surface area contributed by atoms with Crippen molar-refractivity contribution in [3.63, 3.8) is 0 Å². The second-order valence-corrected chi connectivity index (χ2v) is 7.77. The van der Waals surface area contributed by atoms with E-state index in [1.807, 2.05) is 5.38 Å². The Kier molecular flexibility index (Phi) is 6.61. The van der Waals surface area contributed by atoms with Crippen molar-refractivity contribution < 1.29 is 18.7 Å². The van der Waals surface area contributed by atoms with Crippen LogP contribution in [-0.2, 0) is 22.4 Å². The highest BCUT2D eigenvalue weighted by atomic mass is 32.1. The van der Waals surface area contributed by atoms with Crippen molar-refractivity contribution in [2.45, 2.75) is 44.1 Å². The summed E-state index contributed by atoms with van der Waals surface area (Å²) >= 11 is 1.53. The molecule has 0 saturated carbocycles. The van der Waals surface area contributed by atoms with Gasteiger partial charge in [-0.3, -0.25) is 9.59 Å². The summed E-state index contributed by atoms with van der Waals surface area (Å²) in [7, 11) is 1.42. The molecule has 28 heavy (non-hydrogen) atoms. The first-order valence-electron chi connectivity index (χ1n) is 9.27. The molecule has 0 aliphatic carbocycles. The van der Waals surface area contributed by atoms with Crippen molar-refractivity contribution in [3.8, 4) is 5.75 Å². The summed E-state index contributed by atoms with van der Waals surface area (Å²) in [6.07, 6.45) is 3.16. The van der Waals surface area contributed by atoms with E-state index in [1.54, 1.807) is 17.6 Å². The fourth-order valence-corrected chi connectivity index (χ4v) is 4.11. The fourth-order valence-electron chi connectivity index (χ4n) is 3.52. The Balaban J connectivity index is 1.57. The van der Waals surface area contributed by atoms with Crippen LogP contribution in [0.25, 0.3) is 0 Å². The number of halogens is 1. The largest absolute Gasteiger partial charge is 0.494 e. The molecule has 1 atom stereocenters. The van der Waals surface area contributed by atoms with Crippen LogP contribution in [0.3, 0.4) is 0 Å². The van der Waals surface area contributed by atoms with E-state index in [9.17, 15) is 14.0 Å². The molecule has 6 nitrogen and oxygen atoms in total. The maximum absolute atomic E-state index is 13.7. The zero-order valence-electron chi connectivity index (χ0n) is 15.8. The third-order valence-electron chi connectivity index (χ3n) is 5.01. The zero-order chi connectivity index (χ0) is 20.0. The number of hydrogen-bond acceptors (Lipinski definition) is 5. The first-order chi connectivity index (χ1) is 13.5. The highest BCUT2D eigenvalue weighted by Crippen LogP contribution is 2.31. The quantitative estimate of drug-likeness (QED) is 0.672. The third-order valence-corrected chi connectivity index (χ3v) is 5.65. The molecule has 1 fully saturated rings. The lowest BCUT2D eigenvalue weighted by Crippen LogP contribution is -2.44. The summed E-state index contributed by atoms with van der Waals surface area (Å²) in [4.78, 5) is 28.3. The van der Waals surface area contributed by atoms with Gasteiger partial charge in [-0.05, 0) is 37.0 Å². The summed E-state index contributed by atoms with van der Waals surface area (Å²) in [6, 6.07) is 4.71. The lowest BCUT2D eigenvalue weighted by Gasteiger charge is -2.29. The van der Waals surface area contributed by atoms with E-state index < -0.39 is 11.4 Å². The summed E-state index contributed by atoms with van der Waals surface area (Å²) < 4.78 is 18.7. The molecule has 3 rings (SSSR count). The molecule has 0 bridgehead atoms. The molecular formula is C20H24FN3O3S. The molecule has 2 N–H and O–H groups in total. The maximum Gasteiger partial charge on any atom is 0.220 e. The first kappa shape index (κ1) is 20.3. The summed E-state index contributed by atoms with van der Waals surface area (Å²) in [5.74, 6) is -0.308. The molecule has 2 amide bonds. The smallest absolute Gasteiger partial charge is 0.220 e.